The van der Waals surface area contributed by atoms with Crippen LogP contribution >= 0.6 is 0 Å². The van der Waals surface area contributed by atoms with Crippen LogP contribution in [0.25, 0.3) is 0 Å². The quantitative estimate of drug-likeness (QED) is 0.851. The molecule has 0 amide bonds. The van der Waals surface area contributed by atoms with E-state index in [4.69, 9.17) is 9.63 Å². The van der Waals surface area contributed by atoms with Crippen molar-refractivity contribution < 1.29 is 14.4 Å². The van der Waals surface area contributed by atoms with Gasteiger partial charge in [0.2, 0.25) is 5.89 Å². The maximum Gasteiger partial charge on any atom is 0.317 e. The Bertz CT molecular complexity index is 423. The van der Waals surface area contributed by atoms with E-state index >= 15 is 0 Å². The van der Waals surface area contributed by atoms with Crippen LogP contribution in [0.4, 0.5) is 0 Å². The van der Waals surface area contributed by atoms with Crippen molar-refractivity contribution in [2.45, 2.75) is 59.0 Å². The molecule has 0 aromatic carbocycles. The SMILES string of the molecule is CCC(C)N(CC(=O)O)Cc1noc(C(C)(C)C)n1. The predicted molar refractivity (Wildman–Crippen MR) is 70.8 cm³/mol. The minimum absolute atomic E-state index is 0.0194. The van der Waals surface area contributed by atoms with Crippen LogP contribution < -0.4 is 0 Å². The van der Waals surface area contributed by atoms with Crippen LogP contribution in [0, 0.1) is 0 Å². The van der Waals surface area contributed by atoms with Crippen molar-refractivity contribution in [3.05, 3.63) is 11.7 Å². The number of aromatic nitrogens is 2. The average Bonchev–Trinajstić information content (AvgIpc) is 2.74. The lowest BCUT2D eigenvalue weighted by molar-refractivity contribution is -0.139. The number of rotatable bonds is 6. The first kappa shape index (κ1) is 15.6. The van der Waals surface area contributed by atoms with Crippen molar-refractivity contribution in [3.63, 3.8) is 0 Å². The molecule has 1 aromatic rings. The van der Waals surface area contributed by atoms with E-state index < -0.39 is 5.97 Å². The van der Waals surface area contributed by atoms with Crippen molar-refractivity contribution in [3.8, 4) is 0 Å². The number of carbonyl (C=O) groups is 1. The van der Waals surface area contributed by atoms with Gasteiger partial charge >= 0.3 is 5.97 Å². The average molecular weight is 269 g/mol. The fourth-order valence-corrected chi connectivity index (χ4v) is 1.60. The lowest BCUT2D eigenvalue weighted by Crippen LogP contribution is -2.36. The molecule has 19 heavy (non-hydrogen) atoms. The monoisotopic (exact) mass is 269 g/mol. The van der Waals surface area contributed by atoms with Crippen molar-refractivity contribution in [1.29, 1.82) is 0 Å². The summed E-state index contributed by atoms with van der Waals surface area (Å²) in [5, 5.41) is 12.9. The topological polar surface area (TPSA) is 79.5 Å². The van der Waals surface area contributed by atoms with Gasteiger partial charge in [-0.3, -0.25) is 9.69 Å². The van der Waals surface area contributed by atoms with Gasteiger partial charge in [-0.1, -0.05) is 32.9 Å². The van der Waals surface area contributed by atoms with Gasteiger partial charge in [0, 0.05) is 11.5 Å². The largest absolute Gasteiger partial charge is 0.480 e. The van der Waals surface area contributed by atoms with Crippen molar-refractivity contribution in [2.75, 3.05) is 6.54 Å². The molecule has 108 valence electrons. The first-order valence-corrected chi connectivity index (χ1v) is 6.53. The molecule has 6 heteroatoms. The van der Waals surface area contributed by atoms with Gasteiger partial charge in [-0.05, 0) is 13.3 Å². The van der Waals surface area contributed by atoms with Crippen LogP contribution in [0.3, 0.4) is 0 Å². The molecule has 0 saturated carbocycles. The molecular weight excluding hydrogens is 246 g/mol. The molecule has 0 radical (unpaired) electrons. The second kappa shape index (κ2) is 6.14. The third kappa shape index (κ3) is 4.63. The number of hydrogen-bond acceptors (Lipinski definition) is 5. The third-order valence-electron chi connectivity index (χ3n) is 3.01. The second-order valence-corrected chi connectivity index (χ2v) is 5.82. The minimum Gasteiger partial charge on any atom is -0.480 e. The Balaban J connectivity index is 2.79. The van der Waals surface area contributed by atoms with Crippen LogP contribution in [0.15, 0.2) is 4.52 Å². The van der Waals surface area contributed by atoms with Gasteiger partial charge in [0.05, 0.1) is 13.1 Å². The summed E-state index contributed by atoms with van der Waals surface area (Å²) >= 11 is 0. The lowest BCUT2D eigenvalue weighted by Gasteiger charge is -2.24. The van der Waals surface area contributed by atoms with Crippen LogP contribution in [0.5, 0.6) is 0 Å². The molecule has 1 N–H and O–H groups in total. The number of carboxylic acids is 1. The van der Waals surface area contributed by atoms with E-state index in [0.717, 1.165) is 6.42 Å². The summed E-state index contributed by atoms with van der Waals surface area (Å²) in [4.78, 5) is 17.0. The smallest absolute Gasteiger partial charge is 0.317 e. The lowest BCUT2D eigenvalue weighted by atomic mass is 9.97. The normalized spacial score (nSPS) is 13.8. The molecule has 0 aliphatic rings. The molecule has 0 aliphatic heterocycles. The Morgan fingerprint density at radius 3 is 2.53 bits per heavy atom. The Morgan fingerprint density at radius 2 is 2.11 bits per heavy atom. The van der Waals surface area contributed by atoms with Gasteiger partial charge in [0.25, 0.3) is 0 Å². The van der Waals surface area contributed by atoms with Crippen LogP contribution in [-0.2, 0) is 16.8 Å². The van der Waals surface area contributed by atoms with E-state index in [9.17, 15) is 4.79 Å². The van der Waals surface area contributed by atoms with E-state index in [1.165, 1.54) is 0 Å². The third-order valence-corrected chi connectivity index (χ3v) is 3.01. The molecule has 1 heterocycles. The van der Waals surface area contributed by atoms with Crippen LogP contribution in [-0.4, -0.2) is 38.7 Å². The van der Waals surface area contributed by atoms with Gasteiger partial charge in [-0.25, -0.2) is 0 Å². The number of aliphatic carboxylic acids is 1. The minimum atomic E-state index is -0.847. The van der Waals surface area contributed by atoms with Gasteiger partial charge in [0.1, 0.15) is 0 Å². The molecule has 0 aliphatic carbocycles. The first-order valence-electron chi connectivity index (χ1n) is 6.53. The molecule has 1 aromatic heterocycles. The highest BCUT2D eigenvalue weighted by Gasteiger charge is 2.24. The van der Waals surface area contributed by atoms with E-state index in [1.54, 1.807) is 0 Å². The van der Waals surface area contributed by atoms with E-state index in [2.05, 4.69) is 10.1 Å². The zero-order valence-corrected chi connectivity index (χ0v) is 12.3. The number of hydrogen-bond donors (Lipinski definition) is 1. The Morgan fingerprint density at radius 1 is 1.47 bits per heavy atom. The summed E-state index contributed by atoms with van der Waals surface area (Å²) in [6, 6.07) is 0.160. The molecular formula is C13H23N3O3. The Labute approximate surface area is 113 Å². The highest BCUT2D eigenvalue weighted by Crippen LogP contribution is 2.20. The molecule has 1 unspecified atom stereocenters. The molecule has 1 atom stereocenters. The first-order chi connectivity index (χ1) is 8.74. The molecule has 0 saturated heterocycles. The van der Waals surface area contributed by atoms with E-state index in [-0.39, 0.29) is 18.0 Å². The highest BCUT2D eigenvalue weighted by molar-refractivity contribution is 5.69. The standard InChI is InChI=1S/C13H23N3O3/c1-6-9(2)16(8-11(17)18)7-10-14-12(19-15-10)13(3,4)5/h9H,6-8H2,1-5H3,(H,17,18). The second-order valence-electron chi connectivity index (χ2n) is 5.82. The Hall–Kier alpha value is -1.43. The summed E-state index contributed by atoms with van der Waals surface area (Å²) in [6.07, 6.45) is 0.872. The van der Waals surface area contributed by atoms with Crippen molar-refractivity contribution >= 4 is 5.97 Å². The van der Waals surface area contributed by atoms with Gasteiger partial charge in [-0.15, -0.1) is 0 Å². The zero-order valence-electron chi connectivity index (χ0n) is 12.3. The van der Waals surface area contributed by atoms with Gasteiger partial charge in [-0.2, -0.15) is 4.98 Å². The van der Waals surface area contributed by atoms with Crippen molar-refractivity contribution in [2.24, 2.45) is 0 Å². The summed E-state index contributed by atoms with van der Waals surface area (Å²) in [6.45, 7) is 10.4. The fourth-order valence-electron chi connectivity index (χ4n) is 1.60. The summed E-state index contributed by atoms with van der Waals surface area (Å²) in [5.74, 6) is 0.258. The summed E-state index contributed by atoms with van der Waals surface area (Å²) < 4.78 is 5.21. The molecule has 6 nitrogen and oxygen atoms in total. The van der Waals surface area contributed by atoms with E-state index in [0.29, 0.717) is 18.3 Å². The molecule has 0 bridgehead atoms. The Kier molecular flexibility index (Phi) is 5.05. The van der Waals surface area contributed by atoms with Gasteiger partial charge < -0.3 is 9.63 Å². The van der Waals surface area contributed by atoms with E-state index in [1.807, 2.05) is 39.5 Å². The maximum absolute atomic E-state index is 10.9. The van der Waals surface area contributed by atoms with Crippen LogP contribution in [0.2, 0.25) is 0 Å². The van der Waals surface area contributed by atoms with Gasteiger partial charge in [0.15, 0.2) is 5.82 Å². The number of nitrogens with zero attached hydrogens (tertiary/aromatic N) is 3. The zero-order chi connectivity index (χ0) is 14.6. The molecule has 0 spiro atoms. The van der Waals surface area contributed by atoms with Crippen LogP contribution in [0.1, 0.15) is 52.8 Å². The maximum atomic E-state index is 10.9. The molecule has 0 fully saturated rings. The number of carboxylic acid groups (broad SMARTS) is 1. The summed E-state index contributed by atoms with van der Waals surface area (Å²) in [7, 11) is 0. The fraction of sp³-hybridized carbons (Fsp3) is 0.769. The van der Waals surface area contributed by atoms with Crippen molar-refractivity contribution in [1.82, 2.24) is 15.0 Å². The predicted octanol–water partition coefficient (Wildman–Crippen LogP) is 2.05. The summed E-state index contributed by atoms with van der Waals surface area (Å²) in [5.41, 5.74) is -0.195. The molecule has 1 rings (SSSR count). The highest BCUT2D eigenvalue weighted by atomic mass is 16.5.